The highest BCUT2D eigenvalue weighted by atomic mass is 32.1. The van der Waals surface area contributed by atoms with Gasteiger partial charge in [-0.1, -0.05) is 60.7 Å². The molecule has 2 aromatic heterocycles. The lowest BCUT2D eigenvalue weighted by molar-refractivity contribution is -0.198. The maximum absolute atomic E-state index is 14.2. The van der Waals surface area contributed by atoms with Gasteiger partial charge in [-0.3, -0.25) is 28.8 Å². The minimum atomic E-state index is -2.21. The van der Waals surface area contributed by atoms with Crippen molar-refractivity contribution in [1.82, 2.24) is 0 Å². The Kier molecular flexibility index (Phi) is 15.8. The molecule has 4 aromatic rings. The van der Waals surface area contributed by atoms with E-state index in [1.165, 1.54) is 12.1 Å². The molecule has 0 bridgehead atoms. The second kappa shape index (κ2) is 20.7. The number of esters is 6. The minimum absolute atomic E-state index is 0.00266. The van der Waals surface area contributed by atoms with Crippen molar-refractivity contribution in [1.29, 1.82) is 0 Å². The van der Waals surface area contributed by atoms with Crippen molar-refractivity contribution < 1.29 is 66.8 Å². The second-order valence-corrected chi connectivity index (χ2v) is 14.2. The Bertz CT molecular complexity index is 2000. The summed E-state index contributed by atoms with van der Waals surface area (Å²) in [5, 5.41) is 4.92. The van der Waals surface area contributed by atoms with Crippen LogP contribution in [0.1, 0.15) is 62.3 Å². The number of hydrogen-bond acceptors (Lipinski definition) is 16. The van der Waals surface area contributed by atoms with E-state index in [4.69, 9.17) is 28.4 Å². The van der Waals surface area contributed by atoms with E-state index < -0.39 is 72.0 Å². The summed E-state index contributed by atoms with van der Waals surface area (Å²) >= 11 is 1.94. The van der Waals surface area contributed by atoms with Gasteiger partial charge in [0.25, 0.3) is 11.8 Å². The van der Waals surface area contributed by atoms with Crippen LogP contribution >= 0.6 is 22.7 Å². The maximum Gasteiger partial charge on any atom is 0.341 e. The fourth-order valence-electron chi connectivity index (χ4n) is 5.43. The molecule has 2 amide bonds. The molecule has 0 fully saturated rings. The van der Waals surface area contributed by atoms with Crippen LogP contribution in [0.3, 0.4) is 0 Å². The third-order valence-electron chi connectivity index (χ3n) is 7.67. The number of ether oxygens (including phenoxy) is 6. The van der Waals surface area contributed by atoms with Gasteiger partial charge in [-0.2, -0.15) is 0 Å². The van der Waals surface area contributed by atoms with E-state index in [1.807, 2.05) is 0 Å². The van der Waals surface area contributed by atoms with Gasteiger partial charge in [0.15, 0.2) is 12.2 Å². The third kappa shape index (κ3) is 11.8. The van der Waals surface area contributed by atoms with E-state index in [0.29, 0.717) is 20.9 Å². The molecule has 0 saturated carbocycles. The summed E-state index contributed by atoms with van der Waals surface area (Å²) < 4.78 is 32.1. The number of carbonyl (C=O) groups is 8. The van der Waals surface area contributed by atoms with E-state index in [-0.39, 0.29) is 34.3 Å². The lowest BCUT2D eigenvalue weighted by atomic mass is 10.00. The molecule has 0 saturated heterocycles. The van der Waals surface area contributed by atoms with E-state index in [1.54, 1.807) is 74.5 Å². The Labute approximate surface area is 340 Å². The first-order valence-electron chi connectivity index (χ1n) is 17.7. The summed E-state index contributed by atoms with van der Waals surface area (Å²) in [4.78, 5) is 106. The van der Waals surface area contributed by atoms with E-state index in [2.05, 4.69) is 10.6 Å². The summed E-state index contributed by atoms with van der Waals surface area (Å²) in [6, 6.07) is 20.7. The highest BCUT2D eigenvalue weighted by Gasteiger charge is 2.49. The first kappa shape index (κ1) is 44.3. The molecule has 58 heavy (non-hydrogen) atoms. The van der Waals surface area contributed by atoms with Crippen molar-refractivity contribution in [2.75, 3.05) is 23.8 Å². The van der Waals surface area contributed by atoms with Crippen molar-refractivity contribution in [2.24, 2.45) is 0 Å². The van der Waals surface area contributed by atoms with E-state index in [0.717, 1.165) is 50.4 Å². The number of amides is 2. The fourth-order valence-corrected chi connectivity index (χ4v) is 7.54. The van der Waals surface area contributed by atoms with Crippen LogP contribution in [0.25, 0.3) is 20.9 Å². The normalized spacial score (nSPS) is 12.7. The predicted molar refractivity (Wildman–Crippen MR) is 211 cm³/mol. The molecule has 0 radical (unpaired) electrons. The molecule has 2 aromatic carbocycles. The van der Waals surface area contributed by atoms with Gasteiger partial charge in [-0.25, -0.2) is 9.59 Å². The Morgan fingerprint density at radius 2 is 0.845 bits per heavy atom. The largest absolute Gasteiger partial charge is 0.462 e. The van der Waals surface area contributed by atoms with Crippen LogP contribution in [0.4, 0.5) is 10.0 Å². The average molecular weight is 837 g/mol. The predicted octanol–water partition coefficient (Wildman–Crippen LogP) is 5.80. The lowest BCUT2D eigenvalue weighted by Crippen LogP contribution is -2.57. The smallest absolute Gasteiger partial charge is 0.341 e. The first-order valence-corrected chi connectivity index (χ1v) is 19.3. The number of carbonyl (C=O) groups excluding carboxylic acids is 8. The molecule has 306 valence electrons. The van der Waals surface area contributed by atoms with E-state index >= 15 is 0 Å². The van der Waals surface area contributed by atoms with Crippen LogP contribution in [0.2, 0.25) is 0 Å². The number of anilines is 2. The van der Waals surface area contributed by atoms with Crippen molar-refractivity contribution >= 4 is 80.3 Å². The van der Waals surface area contributed by atoms with Crippen LogP contribution in [-0.2, 0) is 57.2 Å². The second-order valence-electron chi connectivity index (χ2n) is 12.1. The van der Waals surface area contributed by atoms with Crippen molar-refractivity contribution in [2.45, 2.75) is 66.0 Å². The van der Waals surface area contributed by atoms with Crippen molar-refractivity contribution in [3.63, 3.8) is 0 Å². The topological polar surface area (TPSA) is 216 Å². The number of benzene rings is 2. The third-order valence-corrected chi connectivity index (χ3v) is 9.87. The standard InChI is InChI=1S/C40H40N2O14S2/c1-7-51-39(49)27-19-29(25-15-11-9-12-16-25)57-37(27)41-35(47)33(55-23(5)45)31(53-21(3)43)32(54-22(4)44)34(56-24(6)46)36(48)42-38-28(40(50)52-8-2)20-30(58-38)26-17-13-10-14-18-26/h9-20,31-34H,7-8H2,1-6H3,(H,41,47)(H,42,48). The summed E-state index contributed by atoms with van der Waals surface area (Å²) in [6.07, 6.45) is -8.77. The summed E-state index contributed by atoms with van der Waals surface area (Å²) in [6.45, 7) is 6.89. The lowest BCUT2D eigenvalue weighted by Gasteiger charge is -2.34. The average Bonchev–Trinajstić information content (AvgIpc) is 3.80. The summed E-state index contributed by atoms with van der Waals surface area (Å²) in [5.74, 6) is -8.37. The van der Waals surface area contributed by atoms with Gasteiger partial charge >= 0.3 is 35.8 Å². The van der Waals surface area contributed by atoms with Crippen LogP contribution < -0.4 is 10.6 Å². The summed E-state index contributed by atoms with van der Waals surface area (Å²) in [5.41, 5.74) is 1.24. The number of hydrogen-bond donors (Lipinski definition) is 2. The van der Waals surface area contributed by atoms with Crippen LogP contribution in [-0.4, -0.2) is 85.3 Å². The zero-order valence-corrected chi connectivity index (χ0v) is 33.8. The van der Waals surface area contributed by atoms with Crippen molar-refractivity contribution in [3.8, 4) is 20.9 Å². The fraction of sp³-hybridized carbons (Fsp3) is 0.300. The van der Waals surface area contributed by atoms with Gasteiger partial charge in [-0.15, -0.1) is 22.7 Å². The molecular weight excluding hydrogens is 797 g/mol. The molecule has 0 aliphatic rings. The summed E-state index contributed by atoms with van der Waals surface area (Å²) in [7, 11) is 0. The maximum atomic E-state index is 14.2. The van der Waals surface area contributed by atoms with Crippen LogP contribution in [0.5, 0.6) is 0 Å². The molecule has 0 aliphatic carbocycles. The van der Waals surface area contributed by atoms with Gasteiger partial charge in [0.05, 0.1) is 24.3 Å². The molecular formula is C40H40N2O14S2. The van der Waals surface area contributed by atoms with Gasteiger partial charge in [0, 0.05) is 37.4 Å². The highest BCUT2D eigenvalue weighted by Crippen LogP contribution is 2.38. The Morgan fingerprint density at radius 1 is 0.517 bits per heavy atom. The van der Waals surface area contributed by atoms with Crippen molar-refractivity contribution in [3.05, 3.63) is 83.9 Å². The van der Waals surface area contributed by atoms with Crippen LogP contribution in [0.15, 0.2) is 72.8 Å². The van der Waals surface area contributed by atoms with E-state index in [9.17, 15) is 38.4 Å². The number of thiophene rings is 2. The van der Waals surface area contributed by atoms with Gasteiger partial charge < -0.3 is 39.1 Å². The molecule has 0 aliphatic heterocycles. The Balaban J connectivity index is 1.82. The number of rotatable bonds is 17. The molecule has 16 nitrogen and oxygen atoms in total. The minimum Gasteiger partial charge on any atom is -0.462 e. The van der Waals surface area contributed by atoms with Gasteiger partial charge in [-0.05, 0) is 37.1 Å². The van der Waals surface area contributed by atoms with Crippen LogP contribution in [0, 0.1) is 0 Å². The zero-order chi connectivity index (χ0) is 42.5. The molecule has 4 unspecified atom stereocenters. The zero-order valence-electron chi connectivity index (χ0n) is 32.2. The van der Waals surface area contributed by atoms with Gasteiger partial charge in [0.2, 0.25) is 12.2 Å². The molecule has 2 heterocycles. The quantitative estimate of drug-likeness (QED) is 0.0950. The Morgan fingerprint density at radius 3 is 1.14 bits per heavy atom. The molecule has 4 atom stereocenters. The SMILES string of the molecule is CCOC(=O)c1cc(-c2ccccc2)sc1NC(=O)C(OC(C)=O)C(OC(C)=O)C(OC(C)=O)C(OC(C)=O)C(=O)Nc1sc(-c2ccccc2)cc1C(=O)OCC. The van der Waals surface area contributed by atoms with Gasteiger partial charge in [0.1, 0.15) is 10.0 Å². The molecule has 18 heteroatoms. The first-order chi connectivity index (χ1) is 27.6. The number of nitrogens with one attached hydrogen (secondary N) is 2. The molecule has 0 spiro atoms. The molecule has 2 N–H and O–H groups in total. The molecule has 4 rings (SSSR count). The highest BCUT2D eigenvalue weighted by molar-refractivity contribution is 7.20. The Hall–Kier alpha value is -6.40. The monoisotopic (exact) mass is 836 g/mol.